The van der Waals surface area contributed by atoms with E-state index in [0.29, 0.717) is 5.56 Å². The van der Waals surface area contributed by atoms with Crippen molar-refractivity contribution in [1.29, 1.82) is 0 Å². The van der Waals surface area contributed by atoms with Crippen molar-refractivity contribution in [2.24, 2.45) is 10.7 Å². The number of phenols is 1. The van der Waals surface area contributed by atoms with Crippen molar-refractivity contribution < 1.29 is 34.8 Å². The highest BCUT2D eigenvalue weighted by molar-refractivity contribution is 7.50. The van der Waals surface area contributed by atoms with Gasteiger partial charge in [0.05, 0.1) is 5.71 Å². The molecule has 8 nitrogen and oxygen atoms in total. The van der Waals surface area contributed by atoms with Gasteiger partial charge in [-0.05, 0) is 35.8 Å². The molecule has 0 saturated heterocycles. The van der Waals surface area contributed by atoms with Gasteiger partial charge in [0, 0.05) is 6.42 Å². The number of hydrogen-bond acceptors (Lipinski definition) is 5. The molecule has 0 amide bonds. The van der Waals surface area contributed by atoms with Gasteiger partial charge in [-0.2, -0.15) is 4.76 Å². The summed E-state index contributed by atoms with van der Waals surface area (Å²) in [6.45, 7) is 1.69. The van der Waals surface area contributed by atoms with E-state index in [2.05, 4.69) is 4.76 Å². The maximum atomic E-state index is 11.1. The predicted molar refractivity (Wildman–Crippen MR) is 91.1 cm³/mol. The summed E-state index contributed by atoms with van der Waals surface area (Å²) >= 11 is 0. The summed E-state index contributed by atoms with van der Waals surface area (Å²) in [6.07, 6.45) is 3.43. The van der Waals surface area contributed by atoms with Crippen LogP contribution in [0.3, 0.4) is 0 Å². The topological polar surface area (TPSA) is 151 Å². The molecule has 1 aliphatic rings. The molecule has 2 atom stereocenters. The standard InChI is InChI=1S/C16H20NO7P/c1-10(11-4-2-5-12(18)8-11)9-16(20,21)15-13(17-25(22,23)24)6-3-7-14(15)19/h2-8,10,15,18-21H,9H2,1H3,(H2,22,23,24). The van der Waals surface area contributed by atoms with Crippen molar-refractivity contribution in [2.75, 3.05) is 0 Å². The first-order valence-electron chi connectivity index (χ1n) is 7.46. The Bertz CT molecular complexity index is 778. The largest absolute Gasteiger partial charge is 0.511 e. The molecule has 0 aromatic heterocycles. The van der Waals surface area contributed by atoms with Crippen molar-refractivity contribution in [3.8, 4) is 5.75 Å². The van der Waals surface area contributed by atoms with Crippen LogP contribution in [0.4, 0.5) is 0 Å². The van der Waals surface area contributed by atoms with Gasteiger partial charge in [0.25, 0.3) is 0 Å². The fraction of sp³-hybridized carbons (Fsp3) is 0.312. The van der Waals surface area contributed by atoms with E-state index < -0.39 is 31.1 Å². The van der Waals surface area contributed by atoms with Crippen LogP contribution in [0, 0.1) is 5.92 Å². The highest BCUT2D eigenvalue weighted by atomic mass is 31.2. The van der Waals surface area contributed by atoms with Gasteiger partial charge in [0.15, 0.2) is 5.79 Å². The normalized spacial score (nSPS) is 21.2. The Morgan fingerprint density at radius 3 is 2.56 bits per heavy atom. The Kier molecular flexibility index (Phi) is 5.51. The van der Waals surface area contributed by atoms with Crippen molar-refractivity contribution in [1.82, 2.24) is 0 Å². The number of allylic oxidation sites excluding steroid dienone is 3. The first-order valence-corrected chi connectivity index (χ1v) is 9.02. The van der Waals surface area contributed by atoms with Crippen LogP contribution >= 0.6 is 7.75 Å². The second-order valence-corrected chi connectivity index (χ2v) is 7.23. The number of benzene rings is 1. The first kappa shape index (κ1) is 19.4. The lowest BCUT2D eigenvalue weighted by Crippen LogP contribution is -2.44. The van der Waals surface area contributed by atoms with Gasteiger partial charge in [-0.3, -0.25) is 0 Å². The van der Waals surface area contributed by atoms with Gasteiger partial charge in [-0.25, -0.2) is 4.57 Å². The van der Waals surface area contributed by atoms with E-state index in [9.17, 15) is 25.0 Å². The molecular weight excluding hydrogens is 349 g/mol. The Labute approximate surface area is 144 Å². The van der Waals surface area contributed by atoms with Gasteiger partial charge in [-0.15, -0.1) is 0 Å². The number of rotatable bonds is 5. The van der Waals surface area contributed by atoms with Crippen molar-refractivity contribution >= 4 is 13.5 Å². The average molecular weight is 369 g/mol. The molecule has 0 heterocycles. The SMILES string of the molecule is CC(CC(O)(O)C1C(O)=CC=CC1=NP(=O)(O)O)c1cccc(O)c1. The van der Waals surface area contributed by atoms with Crippen LogP contribution in [-0.4, -0.2) is 41.7 Å². The molecule has 136 valence electrons. The zero-order valence-electron chi connectivity index (χ0n) is 13.4. The third-order valence-electron chi connectivity index (χ3n) is 3.88. The van der Waals surface area contributed by atoms with Crippen LogP contribution in [0.25, 0.3) is 0 Å². The van der Waals surface area contributed by atoms with E-state index in [4.69, 9.17) is 9.79 Å². The number of nitrogens with zero attached hydrogens (tertiary/aromatic N) is 1. The molecule has 2 unspecified atom stereocenters. The van der Waals surface area contributed by atoms with Gasteiger partial charge in [0.2, 0.25) is 0 Å². The van der Waals surface area contributed by atoms with E-state index in [1.807, 2.05) is 0 Å². The third-order valence-corrected chi connectivity index (χ3v) is 4.37. The molecule has 0 spiro atoms. The maximum Gasteiger partial charge on any atom is 0.448 e. The van der Waals surface area contributed by atoms with E-state index in [1.54, 1.807) is 19.1 Å². The van der Waals surface area contributed by atoms with Crippen LogP contribution in [0.5, 0.6) is 5.75 Å². The monoisotopic (exact) mass is 369 g/mol. The quantitative estimate of drug-likeness (QED) is 0.342. The summed E-state index contributed by atoms with van der Waals surface area (Å²) < 4.78 is 14.3. The zero-order chi connectivity index (χ0) is 18.8. The smallest absolute Gasteiger partial charge is 0.448 e. The molecule has 1 aromatic carbocycles. The summed E-state index contributed by atoms with van der Waals surface area (Å²) in [6, 6.07) is 6.26. The van der Waals surface area contributed by atoms with E-state index in [0.717, 1.165) is 0 Å². The number of phenolic OH excluding ortho intramolecular Hbond substituents is 1. The van der Waals surface area contributed by atoms with Crippen LogP contribution in [0.2, 0.25) is 0 Å². The Morgan fingerprint density at radius 1 is 1.28 bits per heavy atom. The van der Waals surface area contributed by atoms with Crippen LogP contribution in [0.15, 0.2) is 53.0 Å². The molecule has 0 saturated carbocycles. The van der Waals surface area contributed by atoms with E-state index in [-0.39, 0.29) is 17.9 Å². The number of hydrogen-bond donors (Lipinski definition) is 6. The minimum Gasteiger partial charge on any atom is -0.511 e. The fourth-order valence-corrected chi connectivity index (χ4v) is 3.31. The summed E-state index contributed by atoms with van der Waals surface area (Å²) in [5.74, 6) is -4.91. The zero-order valence-corrected chi connectivity index (χ0v) is 14.3. The summed E-state index contributed by atoms with van der Waals surface area (Å²) in [5.41, 5.74) is 0.303. The van der Waals surface area contributed by atoms with Crippen LogP contribution in [-0.2, 0) is 4.57 Å². The van der Waals surface area contributed by atoms with Gasteiger partial charge < -0.3 is 30.2 Å². The number of aromatic hydroxyl groups is 1. The highest BCUT2D eigenvalue weighted by Gasteiger charge is 2.43. The Morgan fingerprint density at radius 2 is 1.96 bits per heavy atom. The molecule has 2 rings (SSSR count). The maximum absolute atomic E-state index is 11.1. The second kappa shape index (κ2) is 7.11. The lowest BCUT2D eigenvalue weighted by atomic mass is 9.81. The minimum absolute atomic E-state index is 0.0259. The number of aliphatic hydroxyl groups is 3. The highest BCUT2D eigenvalue weighted by Crippen LogP contribution is 2.41. The molecule has 6 N–H and O–H groups in total. The van der Waals surface area contributed by atoms with Gasteiger partial charge in [0.1, 0.15) is 17.4 Å². The molecule has 1 aliphatic carbocycles. The molecule has 0 aliphatic heterocycles. The molecular formula is C16H20NO7P. The minimum atomic E-state index is -4.82. The second-order valence-electron chi connectivity index (χ2n) is 6.00. The van der Waals surface area contributed by atoms with Gasteiger partial charge in [-0.1, -0.05) is 25.1 Å². The molecule has 0 fully saturated rings. The first-order chi connectivity index (χ1) is 11.5. The summed E-state index contributed by atoms with van der Waals surface area (Å²) in [7, 11) is -4.82. The van der Waals surface area contributed by atoms with Crippen LogP contribution < -0.4 is 0 Å². The lowest BCUT2D eigenvalue weighted by molar-refractivity contribution is -0.188. The molecule has 9 heteroatoms. The summed E-state index contributed by atoms with van der Waals surface area (Å²) in [5, 5.41) is 40.6. The van der Waals surface area contributed by atoms with Crippen molar-refractivity contribution in [3.63, 3.8) is 0 Å². The van der Waals surface area contributed by atoms with Gasteiger partial charge >= 0.3 is 7.75 Å². The Hall–Kier alpha value is -1.96. The van der Waals surface area contributed by atoms with Crippen molar-refractivity contribution in [2.45, 2.75) is 25.0 Å². The summed E-state index contributed by atoms with van der Waals surface area (Å²) in [4.78, 5) is 18.1. The van der Waals surface area contributed by atoms with E-state index >= 15 is 0 Å². The van der Waals surface area contributed by atoms with E-state index in [1.165, 1.54) is 30.4 Å². The molecule has 1 aromatic rings. The lowest BCUT2D eigenvalue weighted by Gasteiger charge is -2.34. The van der Waals surface area contributed by atoms with Crippen molar-refractivity contribution in [3.05, 3.63) is 53.8 Å². The average Bonchev–Trinajstić information content (AvgIpc) is 2.44. The Balaban J connectivity index is 2.32. The number of aliphatic hydroxyl groups excluding tert-OH is 1. The fourth-order valence-electron chi connectivity index (χ4n) is 2.82. The molecule has 0 radical (unpaired) electrons. The molecule has 0 bridgehead atoms. The predicted octanol–water partition coefficient (Wildman–Crippen LogP) is 1.73. The third kappa shape index (κ3) is 5.01. The van der Waals surface area contributed by atoms with Crippen LogP contribution in [0.1, 0.15) is 24.8 Å². The molecule has 25 heavy (non-hydrogen) atoms.